The van der Waals surface area contributed by atoms with Gasteiger partial charge in [-0.05, 0) is 6.42 Å². The summed E-state index contributed by atoms with van der Waals surface area (Å²) in [6.07, 6.45) is 0.00224. The molecule has 108 valence electrons. The molecular formula is C12H9F5N2S. The number of benzene rings is 1. The maximum absolute atomic E-state index is 13.6. The zero-order chi connectivity index (χ0) is 15.0. The molecule has 0 aliphatic rings. The Morgan fingerprint density at radius 1 is 0.950 bits per heavy atom. The average molecular weight is 308 g/mol. The molecule has 0 aliphatic heterocycles. The van der Waals surface area contributed by atoms with Gasteiger partial charge in [-0.25, -0.2) is 26.9 Å². The second-order valence-electron chi connectivity index (χ2n) is 4.00. The topological polar surface area (TPSA) is 38.9 Å². The van der Waals surface area contributed by atoms with E-state index in [1.807, 2.05) is 0 Å². The molecule has 0 saturated heterocycles. The van der Waals surface area contributed by atoms with Crippen molar-refractivity contribution >= 4 is 16.5 Å². The van der Waals surface area contributed by atoms with Crippen molar-refractivity contribution < 1.29 is 22.0 Å². The number of nitrogen functional groups attached to an aromatic ring is 1. The van der Waals surface area contributed by atoms with Crippen LogP contribution in [0.1, 0.15) is 23.1 Å². The monoisotopic (exact) mass is 308 g/mol. The molecule has 0 atom stereocenters. The lowest BCUT2D eigenvalue weighted by atomic mass is 10.1. The molecule has 1 aromatic heterocycles. The Morgan fingerprint density at radius 3 is 1.95 bits per heavy atom. The van der Waals surface area contributed by atoms with Gasteiger partial charge in [-0.3, -0.25) is 0 Å². The third-order valence-electron chi connectivity index (χ3n) is 2.77. The van der Waals surface area contributed by atoms with Gasteiger partial charge >= 0.3 is 0 Å². The Labute approximate surface area is 115 Å². The van der Waals surface area contributed by atoms with Crippen molar-refractivity contribution in [1.82, 2.24) is 4.98 Å². The van der Waals surface area contributed by atoms with Gasteiger partial charge in [0.25, 0.3) is 0 Å². The minimum atomic E-state index is -2.16. The van der Waals surface area contributed by atoms with E-state index < -0.39 is 41.1 Å². The van der Waals surface area contributed by atoms with Gasteiger partial charge in [0.1, 0.15) is 0 Å². The van der Waals surface area contributed by atoms with Crippen molar-refractivity contribution in [3.8, 4) is 0 Å². The second kappa shape index (κ2) is 5.35. The lowest BCUT2D eigenvalue weighted by Gasteiger charge is -2.07. The van der Waals surface area contributed by atoms with Crippen LogP contribution in [0.5, 0.6) is 0 Å². The molecule has 0 radical (unpaired) electrons. The molecule has 0 unspecified atom stereocenters. The molecule has 0 aliphatic carbocycles. The molecule has 20 heavy (non-hydrogen) atoms. The highest BCUT2D eigenvalue weighted by Crippen LogP contribution is 2.29. The minimum absolute atomic E-state index is 0.181. The number of thiazole rings is 1. The van der Waals surface area contributed by atoms with Gasteiger partial charge in [-0.15, -0.1) is 11.3 Å². The van der Waals surface area contributed by atoms with Crippen molar-refractivity contribution in [2.75, 3.05) is 5.73 Å². The number of nitrogens with two attached hydrogens (primary N) is 1. The first kappa shape index (κ1) is 14.7. The number of hydrogen-bond donors (Lipinski definition) is 1. The van der Waals surface area contributed by atoms with Crippen LogP contribution in [0.3, 0.4) is 0 Å². The number of hydrogen-bond acceptors (Lipinski definition) is 3. The smallest absolute Gasteiger partial charge is 0.200 e. The van der Waals surface area contributed by atoms with Crippen LogP contribution in [-0.4, -0.2) is 4.98 Å². The van der Waals surface area contributed by atoms with Crippen LogP contribution in [-0.2, 0) is 12.8 Å². The van der Waals surface area contributed by atoms with Crippen molar-refractivity contribution in [2.45, 2.75) is 19.8 Å². The summed E-state index contributed by atoms with van der Waals surface area (Å²) in [6.45, 7) is 1.75. The number of halogens is 5. The molecule has 2 aromatic rings. The van der Waals surface area contributed by atoms with Crippen LogP contribution in [0.4, 0.5) is 27.1 Å². The third-order valence-corrected chi connectivity index (χ3v) is 3.69. The van der Waals surface area contributed by atoms with Crippen LogP contribution >= 0.6 is 11.3 Å². The summed E-state index contributed by atoms with van der Waals surface area (Å²) >= 11 is 0.962. The van der Waals surface area contributed by atoms with Gasteiger partial charge in [0, 0.05) is 16.9 Å². The fourth-order valence-electron chi connectivity index (χ4n) is 1.78. The van der Waals surface area contributed by atoms with Crippen LogP contribution < -0.4 is 5.73 Å². The van der Waals surface area contributed by atoms with Crippen LogP contribution in [0.2, 0.25) is 0 Å². The van der Waals surface area contributed by atoms with Crippen LogP contribution in [0, 0.1) is 29.1 Å². The molecule has 2 nitrogen and oxygen atoms in total. The van der Waals surface area contributed by atoms with E-state index in [2.05, 4.69) is 4.98 Å². The summed E-state index contributed by atoms with van der Waals surface area (Å²) in [5, 5.41) is 0.181. The predicted molar refractivity (Wildman–Crippen MR) is 64.9 cm³/mol. The van der Waals surface area contributed by atoms with Gasteiger partial charge in [0.05, 0.1) is 5.69 Å². The molecule has 2 rings (SSSR count). The molecule has 1 heterocycles. The first-order valence-electron chi connectivity index (χ1n) is 5.61. The number of anilines is 1. The summed E-state index contributed by atoms with van der Waals surface area (Å²) < 4.78 is 66.2. The van der Waals surface area contributed by atoms with E-state index in [-0.39, 0.29) is 5.13 Å². The first-order chi connectivity index (χ1) is 9.36. The number of aryl methyl sites for hydroxylation is 1. The van der Waals surface area contributed by atoms with E-state index >= 15 is 0 Å². The fraction of sp³-hybridized carbons (Fsp3) is 0.250. The maximum Gasteiger partial charge on any atom is 0.200 e. The number of nitrogens with zero attached hydrogens (tertiary/aromatic N) is 1. The third kappa shape index (κ3) is 2.35. The largest absolute Gasteiger partial charge is 0.375 e. The van der Waals surface area contributed by atoms with Crippen LogP contribution in [0.15, 0.2) is 0 Å². The highest BCUT2D eigenvalue weighted by molar-refractivity contribution is 7.15. The molecule has 0 bridgehead atoms. The molecule has 8 heteroatoms. The van der Waals surface area contributed by atoms with Gasteiger partial charge in [0.15, 0.2) is 28.4 Å². The number of rotatable bonds is 3. The zero-order valence-electron chi connectivity index (χ0n) is 10.2. The van der Waals surface area contributed by atoms with Gasteiger partial charge < -0.3 is 5.73 Å². The summed E-state index contributed by atoms with van der Waals surface area (Å²) in [5.74, 6) is -9.71. The molecule has 0 spiro atoms. The van der Waals surface area contributed by atoms with Crippen molar-refractivity contribution in [2.24, 2.45) is 0 Å². The average Bonchev–Trinajstić information content (AvgIpc) is 2.79. The molecule has 1 aromatic carbocycles. The van der Waals surface area contributed by atoms with E-state index in [1.54, 1.807) is 6.92 Å². The van der Waals surface area contributed by atoms with Crippen molar-refractivity contribution in [1.29, 1.82) is 0 Å². The van der Waals surface area contributed by atoms with E-state index in [1.165, 1.54) is 0 Å². The van der Waals surface area contributed by atoms with E-state index in [4.69, 9.17) is 5.73 Å². The molecular weight excluding hydrogens is 299 g/mol. The molecule has 0 amide bonds. The van der Waals surface area contributed by atoms with Gasteiger partial charge in [-0.2, -0.15) is 0 Å². The Kier molecular flexibility index (Phi) is 3.94. The Bertz CT molecular complexity index is 639. The van der Waals surface area contributed by atoms with Crippen molar-refractivity contribution in [3.63, 3.8) is 0 Å². The molecule has 0 fully saturated rings. The lowest BCUT2D eigenvalue weighted by molar-refractivity contribution is 0.371. The summed E-state index contributed by atoms with van der Waals surface area (Å²) in [7, 11) is 0. The summed E-state index contributed by atoms with van der Waals surface area (Å²) in [5.41, 5.74) is 5.09. The minimum Gasteiger partial charge on any atom is -0.375 e. The predicted octanol–water partition coefficient (Wildman–Crippen LogP) is 3.57. The SMILES string of the molecule is CCc1nc(N)sc1Cc1c(F)c(F)c(F)c(F)c1F. The standard InChI is InChI=1S/C12H9F5N2S/c1-2-5-6(20-12(18)19-5)3-4-7(13)9(15)11(17)10(16)8(4)14/h2-3H2,1H3,(H2,18,19). The van der Waals surface area contributed by atoms with E-state index in [0.29, 0.717) is 17.0 Å². The summed E-state index contributed by atoms with van der Waals surface area (Å²) in [6, 6.07) is 0. The second-order valence-corrected chi connectivity index (χ2v) is 5.12. The highest BCUT2D eigenvalue weighted by atomic mass is 32.1. The highest BCUT2D eigenvalue weighted by Gasteiger charge is 2.26. The lowest BCUT2D eigenvalue weighted by Crippen LogP contribution is -2.07. The van der Waals surface area contributed by atoms with E-state index in [0.717, 1.165) is 11.3 Å². The molecule has 0 saturated carbocycles. The normalized spacial score (nSPS) is 11.1. The zero-order valence-corrected chi connectivity index (χ0v) is 11.1. The van der Waals surface area contributed by atoms with E-state index in [9.17, 15) is 22.0 Å². The number of aromatic nitrogens is 1. The maximum atomic E-state index is 13.6. The van der Waals surface area contributed by atoms with Crippen LogP contribution in [0.25, 0.3) is 0 Å². The van der Waals surface area contributed by atoms with Gasteiger partial charge in [0.2, 0.25) is 5.82 Å². The summed E-state index contributed by atoms with van der Waals surface area (Å²) in [4.78, 5) is 4.32. The Morgan fingerprint density at radius 2 is 1.45 bits per heavy atom. The quantitative estimate of drug-likeness (QED) is 0.535. The van der Waals surface area contributed by atoms with Crippen molar-refractivity contribution in [3.05, 3.63) is 45.2 Å². The molecule has 2 N–H and O–H groups in total. The fourth-order valence-corrected chi connectivity index (χ4v) is 2.72. The Hall–Kier alpha value is -1.70. The Balaban J connectivity index is 2.54. The van der Waals surface area contributed by atoms with Gasteiger partial charge in [-0.1, -0.05) is 6.92 Å². The first-order valence-corrected chi connectivity index (χ1v) is 6.42.